The number of carbonyl (C=O) groups is 1. The van der Waals surface area contributed by atoms with Crippen molar-refractivity contribution in [2.75, 3.05) is 0 Å². The van der Waals surface area contributed by atoms with Gasteiger partial charge >= 0.3 is 0 Å². The van der Waals surface area contributed by atoms with Crippen LogP contribution in [0.15, 0.2) is 48.0 Å². The van der Waals surface area contributed by atoms with E-state index < -0.39 is 5.91 Å². The second kappa shape index (κ2) is 9.34. The third kappa shape index (κ3) is 5.85. The fraction of sp³-hybridized carbons (Fsp3) is 0.200. The van der Waals surface area contributed by atoms with Crippen molar-refractivity contribution in [1.29, 1.82) is 5.26 Å². The minimum atomic E-state index is -0.394. The molecular weight excluding hydrogens is 446 g/mol. The first-order valence-electron chi connectivity index (χ1n) is 7.98. The lowest BCUT2D eigenvalue weighted by Gasteiger charge is -2.10. The Kier molecular flexibility index (Phi) is 7.16. The number of amides is 1. The Bertz CT molecular complexity index is 855. The molecule has 0 fully saturated rings. The zero-order valence-corrected chi connectivity index (χ0v) is 16.6. The maximum atomic E-state index is 12.9. The van der Waals surface area contributed by atoms with Crippen LogP contribution in [0.1, 0.15) is 25.0 Å². The molecule has 0 aliphatic carbocycles. The van der Waals surface area contributed by atoms with Crippen LogP contribution < -0.4 is 10.1 Å². The van der Waals surface area contributed by atoms with Crippen LogP contribution in [-0.4, -0.2) is 11.9 Å². The van der Waals surface area contributed by atoms with Crippen molar-refractivity contribution < 1.29 is 13.9 Å². The van der Waals surface area contributed by atoms with Crippen molar-refractivity contribution >= 4 is 34.6 Å². The smallest absolute Gasteiger partial charge is 0.262 e. The van der Waals surface area contributed by atoms with Gasteiger partial charge in [0.25, 0.3) is 5.91 Å². The fourth-order valence-corrected chi connectivity index (χ4v) is 2.82. The van der Waals surface area contributed by atoms with E-state index in [0.29, 0.717) is 12.4 Å². The van der Waals surface area contributed by atoms with E-state index >= 15 is 0 Å². The predicted molar refractivity (Wildman–Crippen MR) is 107 cm³/mol. The number of nitrogens with zero attached hydrogens (tertiary/aromatic N) is 1. The number of rotatable bonds is 6. The molecule has 0 heterocycles. The van der Waals surface area contributed by atoms with Crippen molar-refractivity contribution in [3.05, 3.63) is 68.6 Å². The lowest BCUT2D eigenvalue weighted by Crippen LogP contribution is -2.30. The zero-order valence-electron chi connectivity index (χ0n) is 14.4. The summed E-state index contributed by atoms with van der Waals surface area (Å²) in [6, 6.07) is 13.4. The summed E-state index contributed by atoms with van der Waals surface area (Å²) in [5.41, 5.74) is 1.65. The SMILES string of the molecule is CC(C)NC(=O)/C(C#N)=C\c1ccc(OCc2ccc(F)cc2)c(I)c1. The summed E-state index contributed by atoms with van der Waals surface area (Å²) < 4.78 is 19.5. The van der Waals surface area contributed by atoms with Crippen LogP contribution in [0.3, 0.4) is 0 Å². The van der Waals surface area contributed by atoms with Crippen molar-refractivity contribution in [3.63, 3.8) is 0 Å². The summed E-state index contributed by atoms with van der Waals surface area (Å²) in [4.78, 5) is 12.0. The number of nitriles is 1. The van der Waals surface area contributed by atoms with E-state index in [9.17, 15) is 14.4 Å². The Hall–Kier alpha value is -2.40. The molecule has 0 bridgehead atoms. The molecule has 134 valence electrons. The monoisotopic (exact) mass is 464 g/mol. The van der Waals surface area contributed by atoms with Gasteiger partial charge in [-0.15, -0.1) is 0 Å². The second-order valence-corrected chi connectivity index (χ2v) is 7.07. The molecule has 2 aromatic rings. The third-order valence-electron chi connectivity index (χ3n) is 3.36. The molecule has 4 nitrogen and oxygen atoms in total. The first-order valence-corrected chi connectivity index (χ1v) is 9.06. The first-order chi connectivity index (χ1) is 12.4. The highest BCUT2D eigenvalue weighted by molar-refractivity contribution is 14.1. The Morgan fingerprint density at radius 3 is 2.58 bits per heavy atom. The van der Waals surface area contributed by atoms with Gasteiger partial charge < -0.3 is 10.1 Å². The number of benzene rings is 2. The average Bonchev–Trinajstić information content (AvgIpc) is 2.59. The number of hydrogen-bond acceptors (Lipinski definition) is 3. The molecule has 1 amide bonds. The number of carbonyl (C=O) groups excluding carboxylic acids is 1. The number of hydrogen-bond donors (Lipinski definition) is 1. The summed E-state index contributed by atoms with van der Waals surface area (Å²) in [5, 5.41) is 11.9. The van der Waals surface area contributed by atoms with Crippen molar-refractivity contribution in [2.45, 2.75) is 26.5 Å². The number of halogens is 2. The minimum Gasteiger partial charge on any atom is -0.488 e. The lowest BCUT2D eigenvalue weighted by atomic mass is 10.1. The van der Waals surface area contributed by atoms with Gasteiger partial charge in [-0.2, -0.15) is 5.26 Å². The van der Waals surface area contributed by atoms with Gasteiger partial charge in [0.05, 0.1) is 3.57 Å². The third-order valence-corrected chi connectivity index (χ3v) is 4.20. The van der Waals surface area contributed by atoms with Gasteiger partial charge in [0.15, 0.2) is 0 Å². The van der Waals surface area contributed by atoms with E-state index in [0.717, 1.165) is 14.7 Å². The summed E-state index contributed by atoms with van der Waals surface area (Å²) in [7, 11) is 0. The maximum Gasteiger partial charge on any atom is 0.262 e. The molecule has 0 spiro atoms. The van der Waals surface area contributed by atoms with E-state index in [4.69, 9.17) is 4.74 Å². The summed E-state index contributed by atoms with van der Waals surface area (Å²) in [5.74, 6) is 0.000584. The fourth-order valence-electron chi connectivity index (χ4n) is 2.12. The minimum absolute atomic E-state index is 0.0402. The highest BCUT2D eigenvalue weighted by Gasteiger charge is 2.11. The Morgan fingerprint density at radius 2 is 2.00 bits per heavy atom. The van der Waals surface area contributed by atoms with Gasteiger partial charge in [0, 0.05) is 6.04 Å². The van der Waals surface area contributed by atoms with Gasteiger partial charge in [-0.25, -0.2) is 4.39 Å². The van der Waals surface area contributed by atoms with Gasteiger partial charge in [-0.05, 0) is 77.9 Å². The van der Waals surface area contributed by atoms with Crippen molar-refractivity contribution in [1.82, 2.24) is 5.32 Å². The molecule has 0 aromatic heterocycles. The molecule has 1 N–H and O–H groups in total. The van der Waals surface area contributed by atoms with Gasteiger partial charge in [-0.3, -0.25) is 4.79 Å². The van der Waals surface area contributed by atoms with Crippen LogP contribution in [0.25, 0.3) is 6.08 Å². The van der Waals surface area contributed by atoms with Crippen molar-refractivity contribution in [2.24, 2.45) is 0 Å². The quantitative estimate of drug-likeness (QED) is 0.391. The molecule has 0 saturated carbocycles. The first kappa shape index (κ1) is 19.9. The summed E-state index contributed by atoms with van der Waals surface area (Å²) in [6.07, 6.45) is 1.55. The van der Waals surface area contributed by atoms with Gasteiger partial charge in [0.1, 0.15) is 29.8 Å². The highest BCUT2D eigenvalue weighted by Crippen LogP contribution is 2.24. The Labute approximate surface area is 165 Å². The standard InChI is InChI=1S/C20H18FIN2O2/c1-13(2)24-20(25)16(11-23)9-15-5-8-19(18(22)10-15)26-12-14-3-6-17(21)7-4-14/h3-10,13H,12H2,1-2H3,(H,24,25)/b16-9-. The van der Waals surface area contributed by atoms with E-state index in [1.807, 2.05) is 26.0 Å². The molecule has 0 saturated heterocycles. The second-order valence-electron chi connectivity index (χ2n) is 5.90. The Morgan fingerprint density at radius 1 is 1.31 bits per heavy atom. The molecular formula is C20H18FIN2O2. The molecule has 2 rings (SSSR count). The highest BCUT2D eigenvalue weighted by atomic mass is 127. The van der Waals surface area contributed by atoms with Gasteiger partial charge in [-0.1, -0.05) is 18.2 Å². The molecule has 0 radical (unpaired) electrons. The topological polar surface area (TPSA) is 62.1 Å². The normalized spacial score (nSPS) is 11.2. The molecule has 0 aliphatic heterocycles. The van der Waals surface area contributed by atoms with E-state index in [2.05, 4.69) is 27.9 Å². The number of ether oxygens (including phenoxy) is 1. The molecule has 26 heavy (non-hydrogen) atoms. The zero-order chi connectivity index (χ0) is 19.1. The van der Waals surface area contributed by atoms with E-state index in [1.54, 1.807) is 30.3 Å². The predicted octanol–water partition coefficient (Wildman–Crippen LogP) is 4.44. The average molecular weight is 464 g/mol. The van der Waals surface area contributed by atoms with Crippen LogP contribution in [-0.2, 0) is 11.4 Å². The number of nitrogens with one attached hydrogen (secondary N) is 1. The molecule has 0 atom stereocenters. The van der Waals surface area contributed by atoms with E-state index in [1.165, 1.54) is 12.1 Å². The van der Waals surface area contributed by atoms with Crippen molar-refractivity contribution in [3.8, 4) is 11.8 Å². The molecule has 2 aromatic carbocycles. The molecule has 0 unspecified atom stereocenters. The summed E-state index contributed by atoms with van der Waals surface area (Å²) in [6.45, 7) is 4.00. The van der Waals surface area contributed by atoms with Crippen LogP contribution >= 0.6 is 22.6 Å². The van der Waals surface area contributed by atoms with Crippen LogP contribution in [0.4, 0.5) is 4.39 Å². The Balaban J connectivity index is 2.10. The van der Waals surface area contributed by atoms with Crippen LogP contribution in [0, 0.1) is 20.7 Å². The van der Waals surface area contributed by atoms with E-state index in [-0.39, 0.29) is 17.4 Å². The van der Waals surface area contributed by atoms with Crippen LogP contribution in [0.5, 0.6) is 5.75 Å². The molecule has 6 heteroatoms. The summed E-state index contributed by atoms with van der Waals surface area (Å²) >= 11 is 2.13. The van der Waals surface area contributed by atoms with Gasteiger partial charge in [0.2, 0.25) is 0 Å². The largest absolute Gasteiger partial charge is 0.488 e. The maximum absolute atomic E-state index is 12.9. The van der Waals surface area contributed by atoms with Crippen LogP contribution in [0.2, 0.25) is 0 Å². The molecule has 0 aliphatic rings. The lowest BCUT2D eigenvalue weighted by molar-refractivity contribution is -0.117.